The van der Waals surface area contributed by atoms with E-state index in [0.29, 0.717) is 22.6 Å². The smallest absolute Gasteiger partial charge is 0.315 e. The lowest BCUT2D eigenvalue weighted by Crippen LogP contribution is -2.09. The fraction of sp³-hybridized carbons (Fsp3) is 0.286. The molecule has 0 bridgehead atoms. The molecule has 0 fully saturated rings. The highest BCUT2D eigenvalue weighted by Crippen LogP contribution is 2.38. The number of nitro groups is 1. The molecule has 162 valence electrons. The summed E-state index contributed by atoms with van der Waals surface area (Å²) in [6, 6.07) is 13.0. The number of rotatable bonds is 9. The van der Waals surface area contributed by atoms with E-state index < -0.39 is 4.92 Å². The zero-order valence-electron chi connectivity index (χ0n) is 17.4. The molecule has 0 saturated heterocycles. The van der Waals surface area contributed by atoms with Crippen LogP contribution in [0.1, 0.15) is 30.8 Å². The Morgan fingerprint density at radius 2 is 2.03 bits per heavy atom. The second-order valence-corrected chi connectivity index (χ2v) is 7.37. The van der Waals surface area contributed by atoms with Crippen molar-refractivity contribution in [2.24, 2.45) is 5.10 Å². The molecule has 0 amide bonds. The fourth-order valence-electron chi connectivity index (χ4n) is 2.95. The predicted octanol–water partition coefficient (Wildman–Crippen LogP) is 4.31. The van der Waals surface area contributed by atoms with Gasteiger partial charge in [-0.1, -0.05) is 30.3 Å². The average molecular weight is 442 g/mol. The average Bonchev–Trinajstić information content (AvgIpc) is 3.10. The largest absolute Gasteiger partial charge is 0.493 e. The van der Waals surface area contributed by atoms with E-state index in [1.807, 2.05) is 30.3 Å². The topological polar surface area (TPSA) is 108 Å². The molecule has 9 nitrogen and oxygen atoms in total. The molecule has 0 aliphatic carbocycles. The Hall–Kier alpha value is -3.53. The molecule has 1 heterocycles. The maximum absolute atomic E-state index is 11.6. The van der Waals surface area contributed by atoms with Gasteiger partial charge in [0.05, 0.1) is 24.4 Å². The molecule has 0 spiro atoms. The van der Waals surface area contributed by atoms with Gasteiger partial charge in [0.2, 0.25) is 10.5 Å². The highest BCUT2D eigenvalue weighted by atomic mass is 32.1. The number of H-pyrrole nitrogens is 1. The maximum atomic E-state index is 11.6. The third-order valence-corrected chi connectivity index (χ3v) is 4.61. The van der Waals surface area contributed by atoms with Crippen LogP contribution in [0.3, 0.4) is 0 Å². The van der Waals surface area contributed by atoms with Crippen LogP contribution in [0.15, 0.2) is 47.6 Å². The van der Waals surface area contributed by atoms with Gasteiger partial charge in [-0.3, -0.25) is 15.2 Å². The first-order valence-electron chi connectivity index (χ1n) is 9.66. The number of aryl methyl sites for hydroxylation is 2. The second kappa shape index (κ2) is 9.98. The first-order valence-corrected chi connectivity index (χ1v) is 10.1. The maximum Gasteiger partial charge on any atom is 0.315 e. The second-order valence-electron chi connectivity index (χ2n) is 6.98. The number of methoxy groups -OCH3 is 1. The molecule has 3 rings (SSSR count). The molecule has 0 atom stereocenters. The van der Waals surface area contributed by atoms with Crippen molar-refractivity contribution in [2.75, 3.05) is 7.11 Å². The Morgan fingerprint density at radius 1 is 1.29 bits per heavy atom. The van der Waals surface area contributed by atoms with E-state index in [-0.39, 0.29) is 23.3 Å². The van der Waals surface area contributed by atoms with Crippen LogP contribution in [0, 0.1) is 14.9 Å². The van der Waals surface area contributed by atoms with E-state index in [9.17, 15) is 10.1 Å². The molecule has 10 heteroatoms. The number of benzene rings is 2. The van der Waals surface area contributed by atoms with Crippen molar-refractivity contribution in [3.05, 3.63) is 74.3 Å². The van der Waals surface area contributed by atoms with Gasteiger partial charge in [0.1, 0.15) is 0 Å². The molecule has 0 radical (unpaired) electrons. The normalized spacial score (nSPS) is 11.2. The summed E-state index contributed by atoms with van der Waals surface area (Å²) in [6.45, 7) is 3.58. The van der Waals surface area contributed by atoms with Crippen LogP contribution in [0.5, 0.6) is 11.5 Å². The molecule has 1 aromatic heterocycles. The van der Waals surface area contributed by atoms with Gasteiger partial charge in [-0.15, -0.1) is 0 Å². The standard InChI is InChI=1S/C21H23N5O4S/c1-14(2)30-20-17(26(27)28)11-16(12-18(20)29-3)13-22-25-19(23-24-21(25)31)10-9-15-7-5-4-6-8-15/h4-8,11-14H,9-10H2,1-3H3,(H,24,31)/b22-13-. The summed E-state index contributed by atoms with van der Waals surface area (Å²) < 4.78 is 12.8. The van der Waals surface area contributed by atoms with Gasteiger partial charge in [0, 0.05) is 18.1 Å². The lowest BCUT2D eigenvalue weighted by atomic mass is 10.1. The number of nitrogens with zero attached hydrogens (tertiary/aromatic N) is 4. The molecular weight excluding hydrogens is 418 g/mol. The molecule has 0 aliphatic rings. The summed E-state index contributed by atoms with van der Waals surface area (Å²) in [4.78, 5) is 11.1. The van der Waals surface area contributed by atoms with Crippen molar-refractivity contribution >= 4 is 24.1 Å². The van der Waals surface area contributed by atoms with Crippen LogP contribution < -0.4 is 9.47 Å². The number of hydrogen-bond donors (Lipinski definition) is 1. The van der Waals surface area contributed by atoms with Crippen molar-refractivity contribution < 1.29 is 14.4 Å². The Balaban J connectivity index is 1.89. The summed E-state index contributed by atoms with van der Waals surface area (Å²) in [5, 5.41) is 23.0. The minimum absolute atomic E-state index is 0.0862. The van der Waals surface area contributed by atoms with Crippen LogP contribution in [0.25, 0.3) is 0 Å². The lowest BCUT2D eigenvalue weighted by molar-refractivity contribution is -0.386. The van der Waals surface area contributed by atoms with E-state index in [4.69, 9.17) is 21.7 Å². The summed E-state index contributed by atoms with van der Waals surface area (Å²) in [5.41, 5.74) is 1.44. The van der Waals surface area contributed by atoms with Gasteiger partial charge < -0.3 is 9.47 Å². The lowest BCUT2D eigenvalue weighted by Gasteiger charge is -2.14. The zero-order chi connectivity index (χ0) is 22.4. The summed E-state index contributed by atoms with van der Waals surface area (Å²) in [6.07, 6.45) is 2.63. The quantitative estimate of drug-likeness (QED) is 0.229. The number of nitro benzene ring substituents is 1. The Labute approximate surface area is 184 Å². The van der Waals surface area contributed by atoms with E-state index in [1.165, 1.54) is 29.6 Å². The molecule has 0 aliphatic heterocycles. The van der Waals surface area contributed by atoms with Crippen LogP contribution in [0.2, 0.25) is 0 Å². The Morgan fingerprint density at radius 3 is 2.68 bits per heavy atom. The fourth-order valence-corrected chi connectivity index (χ4v) is 3.15. The first-order chi connectivity index (χ1) is 14.9. The van der Waals surface area contributed by atoms with Crippen LogP contribution >= 0.6 is 12.2 Å². The van der Waals surface area contributed by atoms with Gasteiger partial charge in [-0.05, 0) is 44.1 Å². The number of nitrogens with one attached hydrogen (secondary N) is 1. The highest BCUT2D eigenvalue weighted by Gasteiger charge is 2.23. The van der Waals surface area contributed by atoms with E-state index >= 15 is 0 Å². The molecule has 2 aromatic carbocycles. The van der Waals surface area contributed by atoms with E-state index in [2.05, 4.69) is 15.3 Å². The molecule has 0 unspecified atom stereocenters. The minimum atomic E-state index is -0.508. The molecule has 1 N–H and O–H groups in total. The summed E-state index contributed by atoms with van der Waals surface area (Å²) in [7, 11) is 1.43. The minimum Gasteiger partial charge on any atom is -0.493 e. The van der Waals surface area contributed by atoms with E-state index in [0.717, 1.165) is 6.42 Å². The molecular formula is C21H23N5O4S. The molecule has 3 aromatic rings. The molecule has 31 heavy (non-hydrogen) atoms. The summed E-state index contributed by atoms with van der Waals surface area (Å²) in [5.74, 6) is 0.999. The Bertz CT molecular complexity index is 1140. The van der Waals surface area contributed by atoms with Crippen molar-refractivity contribution in [2.45, 2.75) is 32.8 Å². The number of hydrogen-bond acceptors (Lipinski definition) is 7. The van der Waals surface area contributed by atoms with Crippen molar-refractivity contribution in [3.8, 4) is 11.5 Å². The number of ether oxygens (including phenoxy) is 2. The van der Waals surface area contributed by atoms with Crippen LogP contribution in [-0.2, 0) is 12.8 Å². The number of aromatic nitrogens is 3. The first kappa shape index (κ1) is 22.2. The third kappa shape index (κ3) is 5.54. The van der Waals surface area contributed by atoms with Gasteiger partial charge in [-0.2, -0.15) is 14.9 Å². The van der Waals surface area contributed by atoms with Crippen molar-refractivity contribution in [1.82, 2.24) is 14.9 Å². The van der Waals surface area contributed by atoms with E-state index in [1.54, 1.807) is 19.9 Å². The highest BCUT2D eigenvalue weighted by molar-refractivity contribution is 7.71. The third-order valence-electron chi connectivity index (χ3n) is 4.35. The Kier molecular flexibility index (Phi) is 7.14. The van der Waals surface area contributed by atoms with Crippen molar-refractivity contribution in [1.29, 1.82) is 0 Å². The van der Waals surface area contributed by atoms with Crippen molar-refractivity contribution in [3.63, 3.8) is 0 Å². The SMILES string of the molecule is COc1cc(/C=N\n2c(CCc3ccccc3)n[nH]c2=S)cc([N+](=O)[O-])c1OC(C)C. The summed E-state index contributed by atoms with van der Waals surface area (Å²) >= 11 is 5.28. The van der Waals surface area contributed by atoms with Gasteiger partial charge >= 0.3 is 5.69 Å². The van der Waals surface area contributed by atoms with Crippen LogP contribution in [-0.4, -0.2) is 39.2 Å². The van der Waals surface area contributed by atoms with Crippen LogP contribution in [0.4, 0.5) is 5.69 Å². The van der Waals surface area contributed by atoms with Gasteiger partial charge in [-0.25, -0.2) is 0 Å². The van der Waals surface area contributed by atoms with Gasteiger partial charge in [0.25, 0.3) is 0 Å². The monoisotopic (exact) mass is 441 g/mol. The molecule has 0 saturated carbocycles. The van der Waals surface area contributed by atoms with Gasteiger partial charge in [0.15, 0.2) is 11.6 Å². The predicted molar refractivity (Wildman–Crippen MR) is 120 cm³/mol. The number of aromatic amines is 1. The zero-order valence-corrected chi connectivity index (χ0v) is 18.3.